The fourth-order valence-corrected chi connectivity index (χ4v) is 4.23. The van der Waals surface area contributed by atoms with Gasteiger partial charge in [0.1, 0.15) is 11.9 Å². The van der Waals surface area contributed by atoms with E-state index >= 15 is 0 Å². The van der Waals surface area contributed by atoms with Gasteiger partial charge in [0, 0.05) is 45.8 Å². The first-order valence-electron chi connectivity index (χ1n) is 12.1. The Labute approximate surface area is 209 Å². The molecule has 0 bridgehead atoms. The van der Waals surface area contributed by atoms with Crippen molar-refractivity contribution in [1.82, 2.24) is 10.2 Å². The van der Waals surface area contributed by atoms with Crippen LogP contribution in [-0.2, 0) is 33.7 Å². The van der Waals surface area contributed by atoms with E-state index in [2.05, 4.69) is 47.8 Å². The summed E-state index contributed by atoms with van der Waals surface area (Å²) in [5, 5.41) is 3.27. The summed E-state index contributed by atoms with van der Waals surface area (Å²) in [5.41, 5.74) is 3.62. The lowest BCUT2D eigenvalue weighted by atomic mass is 10.0. The van der Waals surface area contributed by atoms with Gasteiger partial charge >= 0.3 is 0 Å². The van der Waals surface area contributed by atoms with E-state index in [1.165, 1.54) is 11.1 Å². The summed E-state index contributed by atoms with van der Waals surface area (Å²) >= 11 is 0. The zero-order chi connectivity index (χ0) is 22.9. The lowest BCUT2D eigenvalue weighted by Crippen LogP contribution is -2.49. The quantitative estimate of drug-likeness (QED) is 0.461. The van der Waals surface area contributed by atoms with E-state index < -0.39 is 0 Å². The van der Waals surface area contributed by atoms with Crippen molar-refractivity contribution in [2.45, 2.75) is 50.8 Å². The molecule has 186 valence electrons. The fraction of sp³-hybridized carbons (Fsp3) is 0.519. The number of rotatable bonds is 12. The van der Waals surface area contributed by atoms with Crippen LogP contribution < -0.4 is 10.1 Å². The number of amides is 1. The molecule has 2 aliphatic rings. The second kappa shape index (κ2) is 13.7. The van der Waals surface area contributed by atoms with Crippen molar-refractivity contribution in [2.24, 2.45) is 0 Å². The minimum atomic E-state index is -0.380. The number of hydrogen-bond acceptors (Lipinski definition) is 5. The zero-order valence-corrected chi connectivity index (χ0v) is 20.9. The molecule has 0 spiro atoms. The summed E-state index contributed by atoms with van der Waals surface area (Å²) in [5.74, 6) is 1.01. The number of carbonyl (C=O) groups is 1. The molecule has 0 aromatic heterocycles. The average molecular weight is 489 g/mol. The Morgan fingerprint density at radius 1 is 1.09 bits per heavy atom. The topological polar surface area (TPSA) is 60.0 Å². The number of methoxy groups -OCH3 is 1. The Balaban J connectivity index is 0.00000324. The second-order valence-corrected chi connectivity index (χ2v) is 8.88. The number of carbonyl (C=O) groups excluding carboxylic acids is 1. The molecule has 1 atom stereocenters. The van der Waals surface area contributed by atoms with Crippen LogP contribution in [0.1, 0.15) is 36.0 Å². The van der Waals surface area contributed by atoms with Crippen molar-refractivity contribution < 1.29 is 19.0 Å². The molecule has 6 nitrogen and oxygen atoms in total. The molecule has 1 heterocycles. The third-order valence-electron chi connectivity index (χ3n) is 6.23. The van der Waals surface area contributed by atoms with E-state index in [-0.39, 0.29) is 24.4 Å². The minimum absolute atomic E-state index is 0. The van der Waals surface area contributed by atoms with Gasteiger partial charge in [-0.1, -0.05) is 42.5 Å². The van der Waals surface area contributed by atoms with Gasteiger partial charge in [0.05, 0.1) is 13.2 Å². The molecule has 1 aliphatic heterocycles. The van der Waals surface area contributed by atoms with Crippen LogP contribution in [0.25, 0.3) is 0 Å². The molecule has 1 saturated carbocycles. The number of halogens is 1. The largest absolute Gasteiger partial charge is 0.493 e. The van der Waals surface area contributed by atoms with Gasteiger partial charge in [-0.05, 0) is 48.4 Å². The monoisotopic (exact) mass is 488 g/mol. The molecule has 7 heteroatoms. The van der Waals surface area contributed by atoms with E-state index in [4.69, 9.17) is 14.2 Å². The van der Waals surface area contributed by atoms with Crippen molar-refractivity contribution in [3.05, 3.63) is 65.2 Å². The number of benzene rings is 2. The standard InChI is InChI=1S/C27H36N2O4.ClH/c1-31-15-5-16-32-25-18-22(9-11-23(25)10-8-21-6-3-2-4-7-21)20-29(24-12-13-24)27(30)26-19-28-14-17-33-26;/h2-4,6-7,9,11,18,24,26,28H,5,8,10,12-17,19-20H2,1H3;1H. The fourth-order valence-electron chi connectivity index (χ4n) is 4.23. The average Bonchev–Trinajstić information content (AvgIpc) is 3.71. The molecule has 0 radical (unpaired) electrons. The second-order valence-electron chi connectivity index (χ2n) is 8.88. The Hall–Kier alpha value is -2.12. The smallest absolute Gasteiger partial charge is 0.253 e. The molecule has 1 amide bonds. The van der Waals surface area contributed by atoms with Crippen molar-refractivity contribution in [2.75, 3.05) is 40.0 Å². The van der Waals surface area contributed by atoms with Gasteiger partial charge in [0.25, 0.3) is 5.91 Å². The summed E-state index contributed by atoms with van der Waals surface area (Å²) in [6.45, 7) is 3.87. The predicted octanol–water partition coefficient (Wildman–Crippen LogP) is 3.79. The van der Waals surface area contributed by atoms with Crippen LogP contribution in [-0.4, -0.2) is 63.0 Å². The molecule has 2 fully saturated rings. The highest BCUT2D eigenvalue weighted by molar-refractivity contribution is 5.85. The molecule has 2 aromatic carbocycles. The number of nitrogens with zero attached hydrogens (tertiary/aromatic N) is 1. The lowest BCUT2D eigenvalue weighted by Gasteiger charge is -2.30. The zero-order valence-electron chi connectivity index (χ0n) is 20.0. The van der Waals surface area contributed by atoms with Gasteiger partial charge in [-0.2, -0.15) is 0 Å². The molecular weight excluding hydrogens is 452 g/mol. The molecule has 34 heavy (non-hydrogen) atoms. The van der Waals surface area contributed by atoms with Crippen LogP contribution in [0, 0.1) is 0 Å². The van der Waals surface area contributed by atoms with E-state index in [9.17, 15) is 4.79 Å². The van der Waals surface area contributed by atoms with Crippen molar-refractivity contribution in [1.29, 1.82) is 0 Å². The third-order valence-corrected chi connectivity index (χ3v) is 6.23. The summed E-state index contributed by atoms with van der Waals surface area (Å²) in [4.78, 5) is 15.2. The molecule has 1 N–H and O–H groups in total. The lowest BCUT2D eigenvalue weighted by molar-refractivity contribution is -0.146. The highest BCUT2D eigenvalue weighted by atomic mass is 35.5. The minimum Gasteiger partial charge on any atom is -0.493 e. The van der Waals surface area contributed by atoms with Crippen LogP contribution >= 0.6 is 12.4 Å². The highest BCUT2D eigenvalue weighted by Crippen LogP contribution is 2.31. The normalized spacial score (nSPS) is 17.6. The maximum absolute atomic E-state index is 13.2. The number of nitrogens with one attached hydrogen (secondary N) is 1. The van der Waals surface area contributed by atoms with Gasteiger partial charge in [-0.15, -0.1) is 12.4 Å². The highest BCUT2D eigenvalue weighted by Gasteiger charge is 2.36. The van der Waals surface area contributed by atoms with E-state index in [1.807, 2.05) is 11.0 Å². The SMILES string of the molecule is COCCCOc1cc(CN(C(=O)C2CNCCO2)C2CC2)ccc1CCc1ccccc1.Cl. The number of morpholine rings is 1. The Morgan fingerprint density at radius 3 is 2.62 bits per heavy atom. The van der Waals surface area contributed by atoms with Gasteiger partial charge in [0.2, 0.25) is 0 Å². The Kier molecular flexibility index (Phi) is 10.7. The summed E-state index contributed by atoms with van der Waals surface area (Å²) < 4.78 is 17.1. The molecule has 1 saturated heterocycles. The first-order chi connectivity index (χ1) is 16.2. The number of ether oxygens (including phenoxy) is 3. The van der Waals surface area contributed by atoms with E-state index in [1.54, 1.807) is 7.11 Å². The maximum atomic E-state index is 13.2. The molecule has 1 unspecified atom stereocenters. The molecular formula is C27H37ClN2O4. The first kappa shape index (κ1) is 26.5. The molecule has 2 aromatic rings. The van der Waals surface area contributed by atoms with E-state index in [0.29, 0.717) is 39.0 Å². The number of aryl methyl sites for hydroxylation is 2. The molecule has 4 rings (SSSR count). The summed E-state index contributed by atoms with van der Waals surface area (Å²) in [6, 6.07) is 17.3. The van der Waals surface area contributed by atoms with Crippen LogP contribution in [0.4, 0.5) is 0 Å². The van der Waals surface area contributed by atoms with Crippen molar-refractivity contribution in [3.8, 4) is 5.75 Å². The van der Waals surface area contributed by atoms with Gasteiger partial charge < -0.3 is 24.4 Å². The van der Waals surface area contributed by atoms with Crippen LogP contribution in [0.15, 0.2) is 48.5 Å². The third kappa shape index (κ3) is 7.70. The van der Waals surface area contributed by atoms with Crippen LogP contribution in [0.2, 0.25) is 0 Å². The van der Waals surface area contributed by atoms with Crippen LogP contribution in [0.3, 0.4) is 0 Å². The summed E-state index contributed by atoms with van der Waals surface area (Å²) in [7, 11) is 1.71. The van der Waals surface area contributed by atoms with Crippen LogP contribution in [0.5, 0.6) is 5.75 Å². The Morgan fingerprint density at radius 2 is 1.91 bits per heavy atom. The van der Waals surface area contributed by atoms with Gasteiger partial charge in [0.15, 0.2) is 0 Å². The van der Waals surface area contributed by atoms with Crippen molar-refractivity contribution >= 4 is 18.3 Å². The number of hydrogen-bond donors (Lipinski definition) is 1. The molecule has 1 aliphatic carbocycles. The van der Waals surface area contributed by atoms with Crippen molar-refractivity contribution in [3.63, 3.8) is 0 Å². The summed E-state index contributed by atoms with van der Waals surface area (Å²) in [6.07, 6.45) is 4.49. The first-order valence-corrected chi connectivity index (χ1v) is 12.1. The predicted molar refractivity (Wildman–Crippen MR) is 136 cm³/mol. The van der Waals surface area contributed by atoms with Gasteiger partial charge in [-0.3, -0.25) is 4.79 Å². The Bertz CT molecular complexity index is 885. The van der Waals surface area contributed by atoms with Gasteiger partial charge in [-0.25, -0.2) is 0 Å². The van der Waals surface area contributed by atoms with E-state index in [0.717, 1.165) is 50.0 Å². The maximum Gasteiger partial charge on any atom is 0.253 e.